The van der Waals surface area contributed by atoms with Gasteiger partial charge in [0.25, 0.3) is 0 Å². The van der Waals surface area contributed by atoms with Crippen molar-refractivity contribution in [1.29, 1.82) is 0 Å². The quantitative estimate of drug-likeness (QED) is 0.223. The zero-order valence-electron chi connectivity index (χ0n) is 5.58. The molecule has 12 heavy (non-hydrogen) atoms. The zero-order chi connectivity index (χ0) is 9.00. The first kappa shape index (κ1) is 23.0. The molecule has 0 amide bonds. The molecule has 0 spiro atoms. The van der Waals surface area contributed by atoms with E-state index in [0.29, 0.717) is 0 Å². The summed E-state index contributed by atoms with van der Waals surface area (Å²) in [6.07, 6.45) is 0. The van der Waals surface area contributed by atoms with Crippen LogP contribution >= 0.6 is 0 Å². The summed E-state index contributed by atoms with van der Waals surface area (Å²) in [7, 11) is -10.3. The predicted octanol–water partition coefficient (Wildman–Crippen LogP) is -6.50. The molecule has 2 N–H and O–H groups in total. The van der Waals surface area contributed by atoms with Gasteiger partial charge in [-0.2, -0.15) is 0 Å². The molecule has 0 atom stereocenters. The van der Waals surface area contributed by atoms with Crippen LogP contribution in [-0.2, 0) is 20.8 Å². The maximum Gasteiger partial charge on any atom is 1.00 e. The van der Waals surface area contributed by atoms with E-state index in [0.717, 1.165) is 0 Å². The van der Waals surface area contributed by atoms with Gasteiger partial charge in [0.15, 0.2) is 0 Å². The first-order valence-corrected chi connectivity index (χ1v) is 4.00. The first-order chi connectivity index (χ1) is 4.00. The Morgan fingerprint density at radius 2 is 0.667 bits per heavy atom. The van der Waals surface area contributed by atoms with Gasteiger partial charge in [0.1, 0.15) is 0 Å². The summed E-state index contributed by atoms with van der Waals surface area (Å²) in [5, 5.41) is 0. The third-order valence-corrected chi connectivity index (χ3v) is 0. The van der Waals surface area contributed by atoms with Crippen molar-refractivity contribution in [2.75, 3.05) is 0 Å². The molecule has 0 saturated carbocycles. The average molecular weight is 233 g/mol. The van der Waals surface area contributed by atoms with Crippen molar-refractivity contribution in [3.8, 4) is 0 Å². The first-order valence-electron chi connectivity index (χ1n) is 1.33. The fourth-order valence-corrected chi connectivity index (χ4v) is 0. The van der Waals surface area contributed by atoms with Crippen molar-refractivity contribution in [2.45, 2.75) is 0 Å². The molecular formula is H2NaO9S2-3. The van der Waals surface area contributed by atoms with Gasteiger partial charge in [-0.05, 0) is 0 Å². The van der Waals surface area contributed by atoms with E-state index in [2.05, 4.69) is 0 Å². The van der Waals surface area contributed by atoms with Gasteiger partial charge >= 0.3 is 29.6 Å². The third kappa shape index (κ3) is 2050. The van der Waals surface area contributed by atoms with Gasteiger partial charge in [-0.1, -0.05) is 0 Å². The van der Waals surface area contributed by atoms with E-state index in [1.807, 2.05) is 0 Å². The molecule has 0 aromatic rings. The van der Waals surface area contributed by atoms with Crippen LogP contribution in [0.15, 0.2) is 0 Å². The van der Waals surface area contributed by atoms with Crippen molar-refractivity contribution in [3.63, 3.8) is 0 Å². The molecule has 9 nitrogen and oxygen atoms in total. The van der Waals surface area contributed by atoms with E-state index in [1.54, 1.807) is 0 Å². The molecule has 12 heteroatoms. The van der Waals surface area contributed by atoms with Crippen LogP contribution < -0.4 is 29.6 Å². The Bertz CT molecular complexity index is 209. The van der Waals surface area contributed by atoms with E-state index < -0.39 is 20.8 Å². The summed E-state index contributed by atoms with van der Waals surface area (Å²) in [4.78, 5) is 0. The van der Waals surface area contributed by atoms with Crippen LogP contribution in [0, 0.1) is 0 Å². The van der Waals surface area contributed by atoms with Crippen LogP contribution in [0.3, 0.4) is 0 Å². The largest absolute Gasteiger partial charge is 1.00 e. The molecule has 0 bridgehead atoms. The molecule has 0 aromatic carbocycles. The van der Waals surface area contributed by atoms with Crippen LogP contribution in [0.5, 0.6) is 0 Å². The monoisotopic (exact) mass is 233 g/mol. The van der Waals surface area contributed by atoms with Crippen LogP contribution in [0.4, 0.5) is 0 Å². The van der Waals surface area contributed by atoms with Gasteiger partial charge in [-0.25, -0.2) is 0 Å². The van der Waals surface area contributed by atoms with Crippen molar-refractivity contribution in [1.82, 2.24) is 0 Å². The minimum absolute atomic E-state index is 0. The van der Waals surface area contributed by atoms with E-state index in [1.165, 1.54) is 0 Å². The second kappa shape index (κ2) is 8.31. The maximum absolute atomic E-state index is 8.52. The molecule has 0 radical (unpaired) electrons. The SMILES string of the molecule is O.O=S(=O)([O-])[O-].O=S(=O)([O-])[O-].[Na+]. The Labute approximate surface area is 90.5 Å². The summed E-state index contributed by atoms with van der Waals surface area (Å²) >= 11 is 0. The van der Waals surface area contributed by atoms with Crippen molar-refractivity contribution in [3.05, 3.63) is 0 Å². The summed E-state index contributed by atoms with van der Waals surface area (Å²) in [6, 6.07) is 0. The minimum atomic E-state index is -5.17. The summed E-state index contributed by atoms with van der Waals surface area (Å²) in [5.41, 5.74) is 0. The minimum Gasteiger partial charge on any atom is -0.759 e. The second-order valence-corrected chi connectivity index (χ2v) is 2.45. The smallest absolute Gasteiger partial charge is 0.759 e. The Hall–Kier alpha value is 0.700. The number of hydrogen-bond acceptors (Lipinski definition) is 8. The number of rotatable bonds is 0. The molecule has 72 valence electrons. The second-order valence-electron chi connectivity index (χ2n) is 0.816. The Kier molecular flexibility index (Phi) is 15.9. The van der Waals surface area contributed by atoms with E-state index in [4.69, 9.17) is 35.0 Å². The van der Waals surface area contributed by atoms with E-state index >= 15 is 0 Å². The molecule has 0 heterocycles. The summed E-state index contributed by atoms with van der Waals surface area (Å²) in [5.74, 6) is 0. The Morgan fingerprint density at radius 3 is 0.667 bits per heavy atom. The van der Waals surface area contributed by atoms with Gasteiger partial charge in [0, 0.05) is 20.8 Å². The van der Waals surface area contributed by atoms with Crippen LogP contribution in [0.25, 0.3) is 0 Å². The van der Waals surface area contributed by atoms with Crippen LogP contribution in [0.1, 0.15) is 0 Å². The molecule has 0 aliphatic carbocycles. The van der Waals surface area contributed by atoms with Crippen LogP contribution in [0.2, 0.25) is 0 Å². The molecule has 0 aliphatic rings. The summed E-state index contributed by atoms with van der Waals surface area (Å²) in [6.45, 7) is 0. The molecule has 0 rings (SSSR count). The average Bonchev–Trinajstić information content (AvgIpc) is 1.12. The van der Waals surface area contributed by atoms with Gasteiger partial charge in [0.2, 0.25) is 0 Å². The molecule has 0 aliphatic heterocycles. The number of hydrogen-bond donors (Lipinski definition) is 0. The molecular weight excluding hydrogens is 231 g/mol. The van der Waals surface area contributed by atoms with Crippen LogP contribution in [-0.4, -0.2) is 40.5 Å². The topological polar surface area (TPSA) is 192 Å². The van der Waals surface area contributed by atoms with Crippen molar-refractivity contribution in [2.24, 2.45) is 0 Å². The van der Waals surface area contributed by atoms with Gasteiger partial charge < -0.3 is 23.7 Å². The Morgan fingerprint density at radius 1 is 0.667 bits per heavy atom. The molecule has 0 unspecified atom stereocenters. The van der Waals surface area contributed by atoms with E-state index in [9.17, 15) is 0 Å². The molecule has 0 saturated heterocycles. The zero-order valence-corrected chi connectivity index (χ0v) is 9.22. The molecule has 0 fully saturated rings. The van der Waals surface area contributed by atoms with Crippen molar-refractivity contribution >= 4 is 20.8 Å². The van der Waals surface area contributed by atoms with E-state index in [-0.39, 0.29) is 35.0 Å². The summed E-state index contributed by atoms with van der Waals surface area (Å²) < 4.78 is 68.2. The van der Waals surface area contributed by atoms with Gasteiger partial charge in [0.05, 0.1) is 0 Å². The maximum atomic E-state index is 8.52. The third-order valence-electron chi connectivity index (χ3n) is 0. The Balaban J connectivity index is -0.0000000457. The van der Waals surface area contributed by atoms with Gasteiger partial charge in [-0.15, -0.1) is 0 Å². The normalized spacial score (nSPS) is 9.67. The standard InChI is InChI=1S/Na.2H2O4S.H2O/c;2*1-5(2,3)4;/h;2*(H2,1,2,3,4);1H2/q+1;;;/p-4. The van der Waals surface area contributed by atoms with Crippen molar-refractivity contribution < 1.29 is 70.1 Å². The fourth-order valence-electron chi connectivity index (χ4n) is 0. The predicted molar refractivity (Wildman–Crippen MR) is 24.6 cm³/mol. The van der Waals surface area contributed by atoms with Gasteiger partial charge in [-0.3, -0.25) is 16.8 Å². The molecule has 0 aromatic heterocycles. The fraction of sp³-hybridized carbons (Fsp3) is 0.